The SMILES string of the molecule is CCC(C/C=C/c1ccccc1)(NC[C@@H]1C[C@H]1c1ccccc1)c1ccccc1. The molecule has 1 fully saturated rings. The maximum absolute atomic E-state index is 4.00. The van der Waals surface area contributed by atoms with Gasteiger partial charge in [0.05, 0.1) is 0 Å². The lowest BCUT2D eigenvalue weighted by molar-refractivity contribution is 0.316. The van der Waals surface area contributed by atoms with E-state index in [1.165, 1.54) is 23.1 Å². The molecule has 0 radical (unpaired) electrons. The molecule has 4 rings (SSSR count). The molecule has 0 amide bonds. The van der Waals surface area contributed by atoms with Crippen molar-refractivity contribution >= 4 is 6.08 Å². The minimum Gasteiger partial charge on any atom is -0.307 e. The van der Waals surface area contributed by atoms with E-state index < -0.39 is 0 Å². The Hall–Kier alpha value is -2.64. The number of nitrogens with one attached hydrogen (secondary N) is 1. The molecule has 1 unspecified atom stereocenters. The van der Waals surface area contributed by atoms with Crippen LogP contribution in [0, 0.1) is 5.92 Å². The highest BCUT2D eigenvalue weighted by atomic mass is 15.0. The summed E-state index contributed by atoms with van der Waals surface area (Å²) in [6.07, 6.45) is 7.94. The Balaban J connectivity index is 1.47. The van der Waals surface area contributed by atoms with Crippen molar-refractivity contribution in [3.8, 4) is 0 Å². The van der Waals surface area contributed by atoms with E-state index in [2.05, 4.69) is 115 Å². The number of benzene rings is 3. The molecule has 0 saturated heterocycles. The van der Waals surface area contributed by atoms with Crippen LogP contribution < -0.4 is 5.32 Å². The van der Waals surface area contributed by atoms with E-state index >= 15 is 0 Å². The molecular formula is C28H31N. The predicted octanol–water partition coefficient (Wildman–Crippen LogP) is 6.79. The van der Waals surface area contributed by atoms with Crippen molar-refractivity contribution in [2.75, 3.05) is 6.54 Å². The smallest absolute Gasteiger partial charge is 0.0467 e. The van der Waals surface area contributed by atoms with Gasteiger partial charge in [0.2, 0.25) is 0 Å². The summed E-state index contributed by atoms with van der Waals surface area (Å²) in [6, 6.07) is 32.5. The van der Waals surface area contributed by atoms with E-state index in [4.69, 9.17) is 0 Å². The first kappa shape index (κ1) is 19.7. The maximum Gasteiger partial charge on any atom is 0.0467 e. The van der Waals surface area contributed by atoms with Gasteiger partial charge in [-0.2, -0.15) is 0 Å². The number of hydrogen-bond acceptors (Lipinski definition) is 1. The highest BCUT2D eigenvalue weighted by molar-refractivity contribution is 5.49. The van der Waals surface area contributed by atoms with Gasteiger partial charge >= 0.3 is 0 Å². The van der Waals surface area contributed by atoms with Crippen molar-refractivity contribution < 1.29 is 0 Å². The van der Waals surface area contributed by atoms with Gasteiger partial charge in [0, 0.05) is 5.54 Å². The summed E-state index contributed by atoms with van der Waals surface area (Å²) in [5, 5.41) is 4.00. The minimum atomic E-state index is -0.0175. The highest BCUT2D eigenvalue weighted by Crippen LogP contribution is 2.47. The van der Waals surface area contributed by atoms with Gasteiger partial charge in [-0.15, -0.1) is 0 Å². The van der Waals surface area contributed by atoms with Gasteiger partial charge in [-0.05, 0) is 54.3 Å². The Morgan fingerprint density at radius 1 is 0.862 bits per heavy atom. The molecule has 3 atom stereocenters. The van der Waals surface area contributed by atoms with Crippen LogP contribution in [0.15, 0.2) is 97.1 Å². The predicted molar refractivity (Wildman–Crippen MR) is 124 cm³/mol. The van der Waals surface area contributed by atoms with Gasteiger partial charge in [-0.1, -0.05) is 110 Å². The Morgan fingerprint density at radius 2 is 1.48 bits per heavy atom. The second-order valence-corrected chi connectivity index (χ2v) is 8.21. The number of rotatable bonds is 9. The van der Waals surface area contributed by atoms with Crippen LogP contribution in [0.4, 0.5) is 0 Å². The molecule has 1 saturated carbocycles. The van der Waals surface area contributed by atoms with Gasteiger partial charge in [0.1, 0.15) is 0 Å². The van der Waals surface area contributed by atoms with Gasteiger partial charge in [0.25, 0.3) is 0 Å². The maximum atomic E-state index is 4.00. The van der Waals surface area contributed by atoms with Gasteiger partial charge in [0.15, 0.2) is 0 Å². The Morgan fingerprint density at radius 3 is 2.14 bits per heavy atom. The largest absolute Gasteiger partial charge is 0.307 e. The molecule has 0 spiro atoms. The Labute approximate surface area is 175 Å². The van der Waals surface area contributed by atoms with Crippen molar-refractivity contribution in [2.24, 2.45) is 5.92 Å². The van der Waals surface area contributed by atoms with Gasteiger partial charge in [-0.3, -0.25) is 0 Å². The molecule has 1 nitrogen and oxygen atoms in total. The quantitative estimate of drug-likeness (QED) is 0.430. The average Bonchev–Trinajstić information content (AvgIpc) is 3.58. The van der Waals surface area contributed by atoms with Crippen molar-refractivity contribution in [1.29, 1.82) is 0 Å². The standard InChI is InChI=1S/C28H31N/c1-2-28(26-18-10-5-11-19-26,20-12-15-23-13-6-3-7-14-23)29-22-25-21-27(25)24-16-8-4-9-17-24/h3-19,25,27,29H,2,20-22H2,1H3/b15-12+/t25-,27-,28?/m0/s1. The molecule has 1 aliphatic carbocycles. The molecule has 1 heteroatoms. The third kappa shape index (κ3) is 4.86. The fourth-order valence-electron chi connectivity index (χ4n) is 4.39. The molecule has 148 valence electrons. The van der Waals surface area contributed by atoms with E-state index in [1.807, 2.05) is 0 Å². The van der Waals surface area contributed by atoms with Crippen LogP contribution in [0.5, 0.6) is 0 Å². The summed E-state index contributed by atoms with van der Waals surface area (Å²) in [6.45, 7) is 3.37. The molecular weight excluding hydrogens is 350 g/mol. The summed E-state index contributed by atoms with van der Waals surface area (Å²) in [5.74, 6) is 1.46. The third-order valence-corrected chi connectivity index (χ3v) is 6.36. The zero-order valence-electron chi connectivity index (χ0n) is 17.3. The lowest BCUT2D eigenvalue weighted by atomic mass is 9.83. The van der Waals surface area contributed by atoms with Crippen LogP contribution in [0.1, 0.15) is 48.8 Å². The van der Waals surface area contributed by atoms with E-state index in [0.717, 1.165) is 25.3 Å². The van der Waals surface area contributed by atoms with Crippen LogP contribution in [0.2, 0.25) is 0 Å². The summed E-state index contributed by atoms with van der Waals surface area (Å²) < 4.78 is 0. The molecule has 1 N–H and O–H groups in total. The summed E-state index contributed by atoms with van der Waals surface area (Å²) in [7, 11) is 0. The van der Waals surface area contributed by atoms with Crippen LogP contribution in [-0.4, -0.2) is 6.54 Å². The fraction of sp³-hybridized carbons (Fsp3) is 0.286. The third-order valence-electron chi connectivity index (χ3n) is 6.36. The zero-order chi connectivity index (χ0) is 19.9. The normalized spacial score (nSPS) is 20.4. The first-order valence-electron chi connectivity index (χ1n) is 10.9. The first-order valence-corrected chi connectivity index (χ1v) is 10.9. The van der Waals surface area contributed by atoms with E-state index in [-0.39, 0.29) is 5.54 Å². The molecule has 1 aliphatic rings. The van der Waals surface area contributed by atoms with Gasteiger partial charge in [-0.25, -0.2) is 0 Å². The average molecular weight is 382 g/mol. The van der Waals surface area contributed by atoms with Crippen molar-refractivity contribution in [1.82, 2.24) is 5.32 Å². The van der Waals surface area contributed by atoms with Gasteiger partial charge < -0.3 is 5.32 Å². The van der Waals surface area contributed by atoms with Crippen LogP contribution in [-0.2, 0) is 5.54 Å². The lowest BCUT2D eigenvalue weighted by Gasteiger charge is -2.34. The molecule has 3 aromatic rings. The van der Waals surface area contributed by atoms with Crippen LogP contribution in [0.3, 0.4) is 0 Å². The topological polar surface area (TPSA) is 12.0 Å². The van der Waals surface area contributed by atoms with E-state index in [1.54, 1.807) is 0 Å². The minimum absolute atomic E-state index is 0.0175. The Bertz CT molecular complexity index is 901. The van der Waals surface area contributed by atoms with E-state index in [9.17, 15) is 0 Å². The zero-order valence-corrected chi connectivity index (χ0v) is 17.3. The molecule has 0 aliphatic heterocycles. The van der Waals surface area contributed by atoms with Crippen molar-refractivity contribution in [3.63, 3.8) is 0 Å². The lowest BCUT2D eigenvalue weighted by Crippen LogP contribution is -2.42. The van der Waals surface area contributed by atoms with Crippen LogP contribution in [0.25, 0.3) is 6.08 Å². The van der Waals surface area contributed by atoms with E-state index in [0.29, 0.717) is 5.92 Å². The molecule has 3 aromatic carbocycles. The highest BCUT2D eigenvalue weighted by Gasteiger charge is 2.40. The van der Waals surface area contributed by atoms with Crippen LogP contribution >= 0.6 is 0 Å². The fourth-order valence-corrected chi connectivity index (χ4v) is 4.39. The Kier molecular flexibility index (Phi) is 6.27. The molecule has 0 heterocycles. The van der Waals surface area contributed by atoms with Crippen molar-refractivity contribution in [3.05, 3.63) is 114 Å². The summed E-state index contributed by atoms with van der Waals surface area (Å²) in [4.78, 5) is 0. The summed E-state index contributed by atoms with van der Waals surface area (Å²) >= 11 is 0. The molecule has 0 aromatic heterocycles. The number of hydrogen-bond donors (Lipinski definition) is 1. The first-order chi connectivity index (χ1) is 14.3. The molecule has 29 heavy (non-hydrogen) atoms. The second kappa shape index (κ2) is 9.24. The summed E-state index contributed by atoms with van der Waals surface area (Å²) in [5.41, 5.74) is 4.12. The monoisotopic (exact) mass is 381 g/mol. The van der Waals surface area contributed by atoms with Crippen molar-refractivity contribution in [2.45, 2.75) is 37.6 Å². The molecule has 0 bridgehead atoms. The second-order valence-electron chi connectivity index (χ2n) is 8.21.